The summed E-state index contributed by atoms with van der Waals surface area (Å²) in [5.74, 6) is 0.977. The molecule has 0 radical (unpaired) electrons. The summed E-state index contributed by atoms with van der Waals surface area (Å²) in [5.41, 5.74) is 3.68. The number of fused-ring (bicyclic) bond motifs is 1. The topological polar surface area (TPSA) is 19.6 Å². The van der Waals surface area contributed by atoms with Gasteiger partial charge in [0.05, 0.1) is 0 Å². The molecule has 2 heterocycles. The van der Waals surface area contributed by atoms with Crippen LogP contribution in [0.1, 0.15) is 11.3 Å². The van der Waals surface area contributed by atoms with Crippen LogP contribution in [-0.2, 0) is 6.54 Å². The monoisotopic (exact) mass is 306 g/mol. The van der Waals surface area contributed by atoms with E-state index in [9.17, 15) is 0 Å². The number of hydrogen-bond acceptors (Lipinski definition) is 3. The number of rotatable bonds is 3. The van der Waals surface area contributed by atoms with Crippen LogP contribution < -0.4 is 4.90 Å². The molecule has 2 aromatic carbocycles. The van der Waals surface area contributed by atoms with E-state index in [1.807, 2.05) is 6.92 Å². The first-order valence-electron chi connectivity index (χ1n) is 8.29. The maximum absolute atomic E-state index is 5.67. The average Bonchev–Trinajstić information content (AvgIpc) is 2.95. The van der Waals surface area contributed by atoms with Gasteiger partial charge in [-0.05, 0) is 36.8 Å². The zero-order chi connectivity index (χ0) is 15.6. The van der Waals surface area contributed by atoms with Gasteiger partial charge in [0, 0.05) is 43.8 Å². The van der Waals surface area contributed by atoms with Gasteiger partial charge in [0.25, 0.3) is 0 Å². The van der Waals surface area contributed by atoms with Gasteiger partial charge in [0.15, 0.2) is 0 Å². The van der Waals surface area contributed by atoms with Crippen molar-refractivity contribution in [3.05, 3.63) is 65.9 Å². The van der Waals surface area contributed by atoms with Crippen molar-refractivity contribution in [1.29, 1.82) is 0 Å². The molecule has 0 spiro atoms. The van der Waals surface area contributed by atoms with Crippen molar-refractivity contribution in [2.24, 2.45) is 0 Å². The van der Waals surface area contributed by atoms with Gasteiger partial charge in [-0.2, -0.15) is 0 Å². The lowest BCUT2D eigenvalue weighted by Gasteiger charge is -2.36. The molecule has 118 valence electrons. The second-order valence-electron chi connectivity index (χ2n) is 6.33. The fourth-order valence-electron chi connectivity index (χ4n) is 3.37. The highest BCUT2D eigenvalue weighted by Crippen LogP contribution is 2.25. The zero-order valence-corrected chi connectivity index (χ0v) is 13.5. The molecule has 23 heavy (non-hydrogen) atoms. The number of piperazine rings is 1. The molecule has 0 amide bonds. The van der Waals surface area contributed by atoms with Crippen molar-refractivity contribution < 1.29 is 4.42 Å². The Morgan fingerprint density at radius 1 is 0.913 bits per heavy atom. The Balaban J connectivity index is 1.42. The fourth-order valence-corrected chi connectivity index (χ4v) is 3.37. The van der Waals surface area contributed by atoms with E-state index in [0.717, 1.165) is 44.1 Å². The van der Waals surface area contributed by atoms with E-state index in [-0.39, 0.29) is 0 Å². The van der Waals surface area contributed by atoms with Crippen LogP contribution in [0.5, 0.6) is 0 Å². The van der Waals surface area contributed by atoms with E-state index in [1.165, 1.54) is 16.6 Å². The van der Waals surface area contributed by atoms with Crippen LogP contribution in [-0.4, -0.2) is 31.1 Å². The predicted molar refractivity (Wildman–Crippen MR) is 94.9 cm³/mol. The second kappa shape index (κ2) is 6.09. The first kappa shape index (κ1) is 14.3. The van der Waals surface area contributed by atoms with Crippen molar-refractivity contribution in [3.63, 3.8) is 0 Å². The first-order chi connectivity index (χ1) is 11.3. The van der Waals surface area contributed by atoms with Crippen molar-refractivity contribution >= 4 is 16.7 Å². The van der Waals surface area contributed by atoms with Crippen molar-refractivity contribution in [2.75, 3.05) is 31.1 Å². The van der Waals surface area contributed by atoms with Crippen LogP contribution in [0.15, 0.2) is 59.0 Å². The maximum Gasteiger partial charge on any atom is 0.134 e. The highest BCUT2D eigenvalue weighted by atomic mass is 16.3. The van der Waals surface area contributed by atoms with Crippen LogP contribution >= 0.6 is 0 Å². The standard InChI is InChI=1S/C20H22N2O/c1-16-13-18-14-19(7-8-20(18)23-16)22-11-9-21(10-12-22)15-17-5-3-2-4-6-17/h2-8,13-14H,9-12,15H2,1H3. The van der Waals surface area contributed by atoms with E-state index in [2.05, 4.69) is 64.4 Å². The number of furan rings is 1. The molecule has 3 heteroatoms. The molecule has 1 aliphatic rings. The van der Waals surface area contributed by atoms with E-state index in [0.29, 0.717) is 0 Å². The molecular formula is C20H22N2O. The van der Waals surface area contributed by atoms with Gasteiger partial charge in [-0.25, -0.2) is 0 Å². The minimum atomic E-state index is 0.977. The number of nitrogens with zero attached hydrogens (tertiary/aromatic N) is 2. The predicted octanol–water partition coefficient (Wildman–Crippen LogP) is 4.06. The van der Waals surface area contributed by atoms with Gasteiger partial charge in [-0.1, -0.05) is 30.3 Å². The lowest BCUT2D eigenvalue weighted by molar-refractivity contribution is 0.250. The summed E-state index contributed by atoms with van der Waals surface area (Å²) >= 11 is 0. The Hall–Kier alpha value is -2.26. The van der Waals surface area contributed by atoms with Crippen molar-refractivity contribution in [2.45, 2.75) is 13.5 Å². The van der Waals surface area contributed by atoms with Crippen LogP contribution in [0.4, 0.5) is 5.69 Å². The minimum absolute atomic E-state index is 0.977. The highest BCUT2D eigenvalue weighted by molar-refractivity contribution is 5.82. The van der Waals surface area contributed by atoms with Gasteiger partial charge in [0.2, 0.25) is 0 Å². The largest absolute Gasteiger partial charge is 0.461 e. The van der Waals surface area contributed by atoms with Gasteiger partial charge >= 0.3 is 0 Å². The molecule has 1 saturated heterocycles. The number of aryl methyl sites for hydroxylation is 1. The smallest absolute Gasteiger partial charge is 0.134 e. The SMILES string of the molecule is Cc1cc2cc(N3CCN(Cc4ccccc4)CC3)ccc2o1. The summed E-state index contributed by atoms with van der Waals surface area (Å²) in [6.07, 6.45) is 0. The Labute approximate surface area is 137 Å². The molecule has 0 atom stereocenters. The minimum Gasteiger partial charge on any atom is -0.461 e. The molecule has 0 saturated carbocycles. The third-order valence-electron chi connectivity index (χ3n) is 4.61. The number of benzene rings is 2. The summed E-state index contributed by atoms with van der Waals surface area (Å²) in [6.45, 7) is 7.43. The molecular weight excluding hydrogens is 284 g/mol. The Bertz CT molecular complexity index is 786. The van der Waals surface area contributed by atoms with Crippen LogP contribution in [0, 0.1) is 6.92 Å². The van der Waals surface area contributed by atoms with Gasteiger partial charge in [0.1, 0.15) is 11.3 Å². The molecule has 3 nitrogen and oxygen atoms in total. The zero-order valence-electron chi connectivity index (χ0n) is 13.5. The van der Waals surface area contributed by atoms with E-state index < -0.39 is 0 Å². The summed E-state index contributed by atoms with van der Waals surface area (Å²) in [7, 11) is 0. The third kappa shape index (κ3) is 3.10. The molecule has 3 aromatic rings. The van der Waals surface area contributed by atoms with E-state index in [4.69, 9.17) is 4.42 Å². The fraction of sp³-hybridized carbons (Fsp3) is 0.300. The molecule has 4 rings (SSSR count). The first-order valence-corrected chi connectivity index (χ1v) is 8.29. The van der Waals surface area contributed by atoms with Gasteiger partial charge < -0.3 is 9.32 Å². The lowest BCUT2D eigenvalue weighted by Crippen LogP contribution is -2.45. The third-order valence-corrected chi connectivity index (χ3v) is 4.61. The normalized spacial score (nSPS) is 16.1. The van der Waals surface area contributed by atoms with Crippen LogP contribution in [0.25, 0.3) is 11.0 Å². The number of hydrogen-bond donors (Lipinski definition) is 0. The average molecular weight is 306 g/mol. The molecule has 1 fully saturated rings. The van der Waals surface area contributed by atoms with Crippen LogP contribution in [0.3, 0.4) is 0 Å². The molecule has 1 aliphatic heterocycles. The molecule has 1 aromatic heterocycles. The van der Waals surface area contributed by atoms with Crippen LogP contribution in [0.2, 0.25) is 0 Å². The van der Waals surface area contributed by atoms with Gasteiger partial charge in [-0.3, -0.25) is 4.90 Å². The Kier molecular flexibility index (Phi) is 3.80. The lowest BCUT2D eigenvalue weighted by atomic mass is 10.1. The summed E-state index contributed by atoms with van der Waals surface area (Å²) < 4.78 is 5.67. The summed E-state index contributed by atoms with van der Waals surface area (Å²) in [5, 5.41) is 1.20. The van der Waals surface area contributed by atoms with E-state index in [1.54, 1.807) is 0 Å². The second-order valence-corrected chi connectivity index (χ2v) is 6.33. The Morgan fingerprint density at radius 2 is 1.70 bits per heavy atom. The molecule has 0 bridgehead atoms. The molecule has 0 aliphatic carbocycles. The number of anilines is 1. The summed E-state index contributed by atoms with van der Waals surface area (Å²) in [6, 6.07) is 19.4. The summed E-state index contributed by atoms with van der Waals surface area (Å²) in [4.78, 5) is 5.01. The maximum atomic E-state index is 5.67. The van der Waals surface area contributed by atoms with Crippen molar-refractivity contribution in [3.8, 4) is 0 Å². The highest BCUT2D eigenvalue weighted by Gasteiger charge is 2.17. The molecule has 0 unspecified atom stereocenters. The quantitative estimate of drug-likeness (QED) is 0.727. The van der Waals surface area contributed by atoms with Gasteiger partial charge in [-0.15, -0.1) is 0 Å². The Morgan fingerprint density at radius 3 is 2.48 bits per heavy atom. The molecule has 0 N–H and O–H groups in total. The van der Waals surface area contributed by atoms with Crippen molar-refractivity contribution in [1.82, 2.24) is 4.90 Å². The van der Waals surface area contributed by atoms with E-state index >= 15 is 0 Å².